The molecule has 0 radical (unpaired) electrons. The summed E-state index contributed by atoms with van der Waals surface area (Å²) in [5.41, 5.74) is 3.40. The Bertz CT molecular complexity index is 1600. The molecule has 4 rings (SSSR count). The molecule has 39 heavy (non-hydrogen) atoms. The smallest absolute Gasteiger partial charge is 0.243 e. The minimum Gasteiger partial charge on any atom is -0.494 e. The predicted molar refractivity (Wildman–Crippen MR) is 157 cm³/mol. The van der Waals surface area contributed by atoms with Crippen LogP contribution in [0.2, 0.25) is 0 Å². The zero-order valence-corrected chi connectivity index (χ0v) is 23.3. The Hall–Kier alpha value is -4.15. The average Bonchev–Trinajstić information content (AvgIpc) is 3.24. The molecule has 204 valence electrons. The first kappa shape index (κ1) is 27.9. The van der Waals surface area contributed by atoms with Gasteiger partial charge in [0.05, 0.1) is 28.9 Å². The lowest BCUT2D eigenvalue weighted by Crippen LogP contribution is -2.43. The summed E-state index contributed by atoms with van der Waals surface area (Å²) in [6.07, 6.45) is 1.08. The molecular formula is C29H33N5O4S. The third-order valence-electron chi connectivity index (χ3n) is 6.32. The SMILES string of the molecule is CN(C)CCN(C)C(=O)CN(c1cccc(N=C(c2ccccc2)c2c(O)[nH]c3ccccc23)c1)S(C)(=O)=O. The van der Waals surface area contributed by atoms with E-state index in [0.717, 1.165) is 27.0 Å². The maximum Gasteiger partial charge on any atom is 0.243 e. The van der Waals surface area contributed by atoms with Crippen LogP contribution in [0, 0.1) is 0 Å². The lowest BCUT2D eigenvalue weighted by atomic mass is 10.0. The monoisotopic (exact) mass is 547 g/mol. The summed E-state index contributed by atoms with van der Waals surface area (Å²) in [5.74, 6) is -0.330. The average molecular weight is 548 g/mol. The summed E-state index contributed by atoms with van der Waals surface area (Å²) in [6.45, 7) is 0.807. The third-order valence-corrected chi connectivity index (χ3v) is 7.46. The maximum atomic E-state index is 12.9. The normalized spacial score (nSPS) is 12.2. The number of aliphatic imine (C=N–C) groups is 1. The Morgan fingerprint density at radius 2 is 1.62 bits per heavy atom. The molecule has 1 heterocycles. The molecule has 0 aliphatic carbocycles. The quantitative estimate of drug-likeness (QED) is 0.293. The number of carbonyl (C=O) groups excluding carboxylic acids is 1. The molecule has 1 amide bonds. The first-order chi connectivity index (χ1) is 18.5. The fourth-order valence-electron chi connectivity index (χ4n) is 4.19. The molecule has 2 N–H and O–H groups in total. The molecule has 0 atom stereocenters. The Morgan fingerprint density at radius 1 is 0.923 bits per heavy atom. The van der Waals surface area contributed by atoms with Crippen LogP contribution < -0.4 is 4.31 Å². The number of hydrogen-bond acceptors (Lipinski definition) is 6. The number of hydrogen-bond donors (Lipinski definition) is 2. The van der Waals surface area contributed by atoms with E-state index in [9.17, 15) is 18.3 Å². The van der Waals surface area contributed by atoms with Gasteiger partial charge in [-0.3, -0.25) is 9.10 Å². The number of carbonyl (C=O) groups is 1. The van der Waals surface area contributed by atoms with E-state index in [1.165, 1.54) is 4.90 Å². The maximum absolute atomic E-state index is 12.9. The minimum atomic E-state index is -3.77. The first-order valence-corrected chi connectivity index (χ1v) is 14.3. The van der Waals surface area contributed by atoms with E-state index in [1.807, 2.05) is 73.6 Å². The standard InChI is InChI=1S/C29H33N5O4S/c1-32(2)17-18-33(3)26(35)20-34(39(4,37)38)23-14-10-13-22(19-23)30-28(21-11-6-5-7-12-21)27-24-15-8-9-16-25(24)31-29(27)36/h5-16,19,31,36H,17-18,20H2,1-4H3. The van der Waals surface area contributed by atoms with Crippen LogP contribution in [0.3, 0.4) is 0 Å². The van der Waals surface area contributed by atoms with Crippen molar-refractivity contribution in [3.8, 4) is 5.88 Å². The number of anilines is 1. The summed E-state index contributed by atoms with van der Waals surface area (Å²) >= 11 is 0. The van der Waals surface area contributed by atoms with E-state index in [-0.39, 0.29) is 18.3 Å². The number of para-hydroxylation sites is 1. The second-order valence-corrected chi connectivity index (χ2v) is 11.5. The Kier molecular flexibility index (Phi) is 8.37. The molecule has 0 bridgehead atoms. The Morgan fingerprint density at radius 3 is 2.31 bits per heavy atom. The van der Waals surface area contributed by atoms with Gasteiger partial charge in [-0.25, -0.2) is 13.4 Å². The summed E-state index contributed by atoms with van der Waals surface area (Å²) in [4.78, 5) is 24.3. The van der Waals surface area contributed by atoms with E-state index in [0.29, 0.717) is 35.7 Å². The zero-order chi connectivity index (χ0) is 28.2. The van der Waals surface area contributed by atoms with Gasteiger partial charge in [-0.1, -0.05) is 54.6 Å². The highest BCUT2D eigenvalue weighted by Gasteiger charge is 2.24. The van der Waals surface area contributed by atoms with E-state index >= 15 is 0 Å². The van der Waals surface area contributed by atoms with Crippen LogP contribution in [0.15, 0.2) is 83.9 Å². The minimum absolute atomic E-state index is 0.0147. The number of fused-ring (bicyclic) bond motifs is 1. The number of sulfonamides is 1. The molecule has 0 unspecified atom stereocenters. The van der Waals surface area contributed by atoms with E-state index in [4.69, 9.17) is 4.99 Å². The topological polar surface area (TPSA) is 109 Å². The highest BCUT2D eigenvalue weighted by atomic mass is 32.2. The number of H-pyrrole nitrogens is 1. The summed E-state index contributed by atoms with van der Waals surface area (Å²) in [5, 5.41) is 11.7. The number of aromatic hydroxyl groups is 1. The van der Waals surface area contributed by atoms with Crippen LogP contribution in [0.1, 0.15) is 11.1 Å². The van der Waals surface area contributed by atoms with E-state index in [2.05, 4.69) is 4.98 Å². The van der Waals surface area contributed by atoms with Gasteiger partial charge in [0, 0.05) is 36.6 Å². The molecule has 0 fully saturated rings. The highest BCUT2D eigenvalue weighted by molar-refractivity contribution is 7.92. The van der Waals surface area contributed by atoms with Crippen molar-refractivity contribution >= 4 is 43.9 Å². The predicted octanol–water partition coefficient (Wildman–Crippen LogP) is 3.83. The molecule has 0 saturated heterocycles. The van der Waals surface area contributed by atoms with Gasteiger partial charge in [0.2, 0.25) is 15.9 Å². The number of nitrogens with one attached hydrogen (secondary N) is 1. The summed E-state index contributed by atoms with van der Waals surface area (Å²) in [7, 11) is 1.71. The van der Waals surface area contributed by atoms with Crippen molar-refractivity contribution < 1.29 is 18.3 Å². The van der Waals surface area contributed by atoms with Gasteiger partial charge >= 0.3 is 0 Å². The molecule has 0 aliphatic rings. The van der Waals surface area contributed by atoms with Crippen LogP contribution in [0.4, 0.5) is 11.4 Å². The van der Waals surface area contributed by atoms with Crippen LogP contribution in [0.5, 0.6) is 5.88 Å². The van der Waals surface area contributed by atoms with Crippen LogP contribution in [-0.4, -0.2) is 87.0 Å². The van der Waals surface area contributed by atoms with Crippen molar-refractivity contribution in [2.45, 2.75) is 0 Å². The number of amides is 1. The van der Waals surface area contributed by atoms with Crippen molar-refractivity contribution in [1.82, 2.24) is 14.8 Å². The number of rotatable bonds is 10. The van der Waals surface area contributed by atoms with Crippen molar-refractivity contribution in [1.29, 1.82) is 0 Å². The second-order valence-electron chi connectivity index (χ2n) is 9.63. The van der Waals surface area contributed by atoms with Crippen LogP contribution in [-0.2, 0) is 14.8 Å². The van der Waals surface area contributed by atoms with E-state index < -0.39 is 10.0 Å². The Labute approximate surface area is 229 Å². The van der Waals surface area contributed by atoms with Gasteiger partial charge in [-0.15, -0.1) is 0 Å². The molecule has 1 aromatic heterocycles. The Balaban J connectivity index is 1.76. The number of aromatic nitrogens is 1. The van der Waals surface area contributed by atoms with Gasteiger partial charge in [0.15, 0.2) is 5.88 Å². The van der Waals surface area contributed by atoms with Crippen LogP contribution in [0.25, 0.3) is 10.9 Å². The van der Waals surface area contributed by atoms with Crippen molar-refractivity contribution in [2.24, 2.45) is 4.99 Å². The van der Waals surface area contributed by atoms with Crippen molar-refractivity contribution in [2.75, 3.05) is 51.3 Å². The lowest BCUT2D eigenvalue weighted by molar-refractivity contribution is -0.128. The first-order valence-electron chi connectivity index (χ1n) is 12.4. The van der Waals surface area contributed by atoms with Gasteiger partial charge in [-0.2, -0.15) is 0 Å². The molecule has 10 heteroatoms. The number of benzene rings is 3. The number of nitrogens with zero attached hydrogens (tertiary/aromatic N) is 4. The third kappa shape index (κ3) is 6.65. The van der Waals surface area contributed by atoms with E-state index in [1.54, 1.807) is 31.3 Å². The molecular weight excluding hydrogens is 514 g/mol. The van der Waals surface area contributed by atoms with Crippen molar-refractivity contribution in [3.05, 3.63) is 90.0 Å². The molecule has 0 saturated carbocycles. The zero-order valence-electron chi connectivity index (χ0n) is 22.5. The van der Waals surface area contributed by atoms with Crippen molar-refractivity contribution in [3.63, 3.8) is 0 Å². The molecule has 4 aromatic rings. The van der Waals surface area contributed by atoms with Gasteiger partial charge < -0.3 is 19.9 Å². The molecule has 9 nitrogen and oxygen atoms in total. The van der Waals surface area contributed by atoms with Gasteiger partial charge in [0.25, 0.3) is 0 Å². The largest absolute Gasteiger partial charge is 0.494 e. The van der Waals surface area contributed by atoms with Gasteiger partial charge in [-0.05, 0) is 38.4 Å². The van der Waals surface area contributed by atoms with Gasteiger partial charge in [0.1, 0.15) is 6.54 Å². The molecule has 0 aliphatic heterocycles. The summed E-state index contributed by atoms with van der Waals surface area (Å²) < 4.78 is 26.6. The van der Waals surface area contributed by atoms with Crippen LogP contribution >= 0.6 is 0 Å². The number of likely N-dealkylation sites (N-methyl/N-ethyl adjacent to an activating group) is 2. The molecule has 3 aromatic carbocycles. The number of aromatic amines is 1. The highest BCUT2D eigenvalue weighted by Crippen LogP contribution is 2.32. The fraction of sp³-hybridized carbons (Fsp3) is 0.241. The lowest BCUT2D eigenvalue weighted by Gasteiger charge is -2.26. The summed E-state index contributed by atoms with van der Waals surface area (Å²) in [6, 6.07) is 23.7. The fourth-order valence-corrected chi connectivity index (χ4v) is 5.03. The molecule has 0 spiro atoms. The second kappa shape index (κ2) is 11.7.